The van der Waals surface area contributed by atoms with Crippen LogP contribution in [-0.2, 0) is 12.8 Å². The smallest absolute Gasteiger partial charge is 0.331 e. The molecule has 5 rings (SSSR count). The largest absolute Gasteiger partial charge is 0.363 e. The molecule has 1 atom stereocenters. The highest BCUT2D eigenvalue weighted by Crippen LogP contribution is 2.40. The molecule has 1 aromatic heterocycles. The van der Waals surface area contributed by atoms with Crippen LogP contribution in [-0.4, -0.2) is 10.7 Å². The van der Waals surface area contributed by atoms with Gasteiger partial charge in [0, 0.05) is 5.56 Å². The van der Waals surface area contributed by atoms with Crippen molar-refractivity contribution in [2.45, 2.75) is 51.4 Å². The van der Waals surface area contributed by atoms with Gasteiger partial charge < -0.3 is 4.84 Å². The summed E-state index contributed by atoms with van der Waals surface area (Å²) in [4.78, 5) is 18.8. The molecule has 0 spiro atoms. The molecule has 1 heterocycles. The van der Waals surface area contributed by atoms with Gasteiger partial charge in [0.15, 0.2) is 0 Å². The van der Waals surface area contributed by atoms with Crippen LogP contribution >= 0.6 is 0 Å². The first kappa shape index (κ1) is 19.2. The first-order valence-electron chi connectivity index (χ1n) is 11.4. The van der Waals surface area contributed by atoms with E-state index in [0.717, 1.165) is 35.9 Å². The number of rotatable bonds is 4. The molecule has 0 amide bonds. The van der Waals surface area contributed by atoms with Crippen molar-refractivity contribution in [2.24, 2.45) is 11.8 Å². The van der Waals surface area contributed by atoms with Gasteiger partial charge in [0.1, 0.15) is 0 Å². The van der Waals surface area contributed by atoms with Crippen LogP contribution in [0.4, 0.5) is 0 Å². The lowest BCUT2D eigenvalue weighted by atomic mass is 9.73. The molecule has 0 aliphatic heterocycles. The maximum Gasteiger partial charge on any atom is 0.363 e. The van der Waals surface area contributed by atoms with Gasteiger partial charge in [-0.2, -0.15) is 4.73 Å². The predicted molar refractivity (Wildman–Crippen MR) is 119 cm³/mol. The van der Waals surface area contributed by atoms with Gasteiger partial charge in [-0.25, -0.2) is 4.79 Å². The van der Waals surface area contributed by atoms with Crippen molar-refractivity contribution >= 4 is 5.97 Å². The molecule has 1 saturated carbocycles. The number of nitrogens with zero attached hydrogens (tertiary/aromatic N) is 1. The molecule has 0 N–H and O–H groups in total. The van der Waals surface area contributed by atoms with Crippen LogP contribution in [0.2, 0.25) is 0 Å². The summed E-state index contributed by atoms with van der Waals surface area (Å²) in [5.41, 5.74) is 5.17. The van der Waals surface area contributed by atoms with Crippen LogP contribution in [0.15, 0.2) is 66.7 Å². The second-order valence-corrected chi connectivity index (χ2v) is 8.81. The summed E-state index contributed by atoms with van der Waals surface area (Å²) in [6.45, 7) is 0. The second-order valence-electron chi connectivity index (χ2n) is 8.81. The van der Waals surface area contributed by atoms with Crippen LogP contribution < -0.4 is 4.84 Å². The quantitative estimate of drug-likeness (QED) is 0.530. The number of benzene rings is 2. The zero-order valence-corrected chi connectivity index (χ0v) is 17.4. The Hall–Kier alpha value is -2.81. The van der Waals surface area contributed by atoms with E-state index in [-0.39, 0.29) is 5.97 Å². The first-order valence-corrected chi connectivity index (χ1v) is 11.4. The Balaban J connectivity index is 1.48. The van der Waals surface area contributed by atoms with E-state index in [1.54, 1.807) is 12.1 Å². The number of aromatic nitrogens is 1. The van der Waals surface area contributed by atoms with Crippen molar-refractivity contribution in [1.82, 2.24) is 4.73 Å². The standard InChI is InChI=1S/C27H29NO2/c29-27(22-14-8-3-9-15-22)30-28-25-17-16-23(20-10-4-1-5-11-20)18-24(25)19-26(28)21-12-6-2-7-13-21/h2-3,6-9,12-15,19-20,23H,1,4-5,10-11,16-18H2. The molecular formula is C27H29NO2. The molecular weight excluding hydrogens is 370 g/mol. The fourth-order valence-electron chi connectivity index (χ4n) is 5.36. The maximum absolute atomic E-state index is 12.8. The van der Waals surface area contributed by atoms with E-state index in [1.165, 1.54) is 49.8 Å². The van der Waals surface area contributed by atoms with Gasteiger partial charge >= 0.3 is 5.97 Å². The monoisotopic (exact) mass is 399 g/mol. The Labute approximate surface area is 178 Å². The minimum atomic E-state index is -0.305. The van der Waals surface area contributed by atoms with E-state index >= 15 is 0 Å². The van der Waals surface area contributed by atoms with Gasteiger partial charge in [-0.05, 0) is 54.9 Å². The van der Waals surface area contributed by atoms with Crippen LogP contribution in [0.3, 0.4) is 0 Å². The van der Waals surface area contributed by atoms with E-state index in [4.69, 9.17) is 4.84 Å². The molecule has 30 heavy (non-hydrogen) atoms. The number of carbonyl (C=O) groups is 1. The maximum atomic E-state index is 12.8. The summed E-state index contributed by atoms with van der Waals surface area (Å²) in [6.07, 6.45) is 10.2. The van der Waals surface area contributed by atoms with Gasteiger partial charge in [-0.1, -0.05) is 80.6 Å². The first-order chi connectivity index (χ1) is 14.8. The molecule has 0 saturated heterocycles. The van der Waals surface area contributed by atoms with Crippen LogP contribution in [0.5, 0.6) is 0 Å². The lowest BCUT2D eigenvalue weighted by molar-refractivity contribution is 0.0452. The molecule has 1 fully saturated rings. The highest BCUT2D eigenvalue weighted by atomic mass is 16.7. The molecule has 3 nitrogen and oxygen atoms in total. The predicted octanol–water partition coefficient (Wildman–Crippen LogP) is 6.11. The molecule has 154 valence electrons. The minimum Gasteiger partial charge on any atom is -0.331 e. The molecule has 1 unspecified atom stereocenters. The fraction of sp³-hybridized carbons (Fsp3) is 0.370. The summed E-state index contributed by atoms with van der Waals surface area (Å²) in [5, 5.41) is 0. The van der Waals surface area contributed by atoms with Crippen molar-refractivity contribution in [3.05, 3.63) is 83.6 Å². The zero-order valence-electron chi connectivity index (χ0n) is 17.4. The lowest BCUT2D eigenvalue weighted by Gasteiger charge is -2.33. The van der Waals surface area contributed by atoms with Gasteiger partial charge in [-0.3, -0.25) is 0 Å². The minimum absolute atomic E-state index is 0.305. The van der Waals surface area contributed by atoms with E-state index in [0.29, 0.717) is 5.56 Å². The summed E-state index contributed by atoms with van der Waals surface area (Å²) >= 11 is 0. The number of fused-ring (bicyclic) bond motifs is 1. The Kier molecular flexibility index (Phi) is 5.44. The van der Waals surface area contributed by atoms with Crippen molar-refractivity contribution < 1.29 is 9.63 Å². The van der Waals surface area contributed by atoms with E-state index in [9.17, 15) is 4.79 Å². The third-order valence-electron chi connectivity index (χ3n) is 6.95. The van der Waals surface area contributed by atoms with Crippen molar-refractivity contribution in [3.63, 3.8) is 0 Å². The summed E-state index contributed by atoms with van der Waals surface area (Å²) < 4.78 is 1.82. The average Bonchev–Trinajstić information content (AvgIpc) is 3.18. The fourth-order valence-corrected chi connectivity index (χ4v) is 5.36. The third-order valence-corrected chi connectivity index (χ3v) is 6.95. The lowest BCUT2D eigenvalue weighted by Crippen LogP contribution is -2.27. The summed E-state index contributed by atoms with van der Waals surface area (Å²) in [6, 6.07) is 21.8. The zero-order chi connectivity index (χ0) is 20.3. The van der Waals surface area contributed by atoms with Crippen molar-refractivity contribution in [2.75, 3.05) is 0 Å². The molecule has 0 radical (unpaired) electrons. The Bertz CT molecular complexity index is 1000. The van der Waals surface area contributed by atoms with Crippen molar-refractivity contribution in [1.29, 1.82) is 0 Å². The van der Waals surface area contributed by atoms with Crippen LogP contribution in [0.25, 0.3) is 11.3 Å². The highest BCUT2D eigenvalue weighted by molar-refractivity contribution is 5.89. The summed E-state index contributed by atoms with van der Waals surface area (Å²) in [5.74, 6) is 1.32. The SMILES string of the molecule is O=C(On1c(-c2ccccc2)cc2c1CCC(C1CCCCC1)C2)c1ccccc1. The highest BCUT2D eigenvalue weighted by Gasteiger charge is 2.31. The van der Waals surface area contributed by atoms with Gasteiger partial charge in [0.25, 0.3) is 0 Å². The third kappa shape index (κ3) is 3.81. The van der Waals surface area contributed by atoms with E-state index < -0.39 is 0 Å². The van der Waals surface area contributed by atoms with Crippen molar-refractivity contribution in [3.8, 4) is 11.3 Å². The van der Waals surface area contributed by atoms with E-state index in [1.807, 2.05) is 41.1 Å². The number of hydrogen-bond donors (Lipinski definition) is 0. The number of carbonyl (C=O) groups excluding carboxylic acids is 1. The topological polar surface area (TPSA) is 31.2 Å². The molecule has 2 aliphatic carbocycles. The Morgan fingerprint density at radius 3 is 2.27 bits per heavy atom. The average molecular weight is 400 g/mol. The van der Waals surface area contributed by atoms with E-state index in [2.05, 4.69) is 18.2 Å². The summed E-state index contributed by atoms with van der Waals surface area (Å²) in [7, 11) is 0. The molecule has 3 aromatic rings. The Morgan fingerprint density at radius 1 is 0.833 bits per heavy atom. The van der Waals surface area contributed by atoms with Gasteiger partial charge in [0.05, 0.1) is 17.0 Å². The van der Waals surface area contributed by atoms with Gasteiger partial charge in [-0.15, -0.1) is 0 Å². The number of hydrogen-bond acceptors (Lipinski definition) is 2. The Morgan fingerprint density at radius 2 is 1.53 bits per heavy atom. The second kappa shape index (κ2) is 8.51. The molecule has 2 aromatic carbocycles. The van der Waals surface area contributed by atoms with Gasteiger partial charge in [0.2, 0.25) is 0 Å². The molecule has 3 heteroatoms. The van der Waals surface area contributed by atoms with Crippen LogP contribution in [0.1, 0.15) is 60.1 Å². The molecule has 0 bridgehead atoms. The van der Waals surface area contributed by atoms with Crippen LogP contribution in [0, 0.1) is 11.8 Å². The normalized spacial score (nSPS) is 19.3. The molecule has 2 aliphatic rings.